The van der Waals surface area contributed by atoms with Gasteiger partial charge in [-0.3, -0.25) is 14.4 Å². The fourth-order valence-corrected chi connectivity index (χ4v) is 4.25. The fourth-order valence-electron chi connectivity index (χ4n) is 3.21. The van der Waals surface area contributed by atoms with Crippen LogP contribution in [0.1, 0.15) is 35.0 Å². The number of nitrogens with zero attached hydrogens (tertiary/aromatic N) is 5. The van der Waals surface area contributed by atoms with Crippen LogP contribution in [0.15, 0.2) is 24.4 Å². The molecule has 2 heterocycles. The molecule has 0 spiro atoms. The van der Waals surface area contributed by atoms with Crippen molar-refractivity contribution in [2.75, 3.05) is 32.1 Å². The minimum atomic E-state index is -0.0402. The number of carbonyl (C=O) groups is 1. The molecule has 1 amide bonds. The van der Waals surface area contributed by atoms with E-state index in [2.05, 4.69) is 36.0 Å². The second-order valence-corrected chi connectivity index (χ2v) is 8.05. The summed E-state index contributed by atoms with van der Waals surface area (Å²) >= 11 is 1.59. The van der Waals surface area contributed by atoms with Crippen LogP contribution in [0.2, 0.25) is 0 Å². The maximum atomic E-state index is 13.3. The molecule has 0 unspecified atom stereocenters. The molecule has 0 fully saturated rings. The van der Waals surface area contributed by atoms with Crippen LogP contribution in [0.5, 0.6) is 0 Å². The Morgan fingerprint density at radius 1 is 1.21 bits per heavy atom. The zero-order chi connectivity index (χ0) is 19.6. The normalized spacial score (nSPS) is 11.1. The van der Waals surface area contributed by atoms with Crippen LogP contribution < -0.4 is 4.90 Å². The van der Waals surface area contributed by atoms with Crippen LogP contribution in [0, 0.1) is 13.8 Å². The monoisotopic (exact) mass is 421 g/mol. The van der Waals surface area contributed by atoms with Crippen LogP contribution in [-0.2, 0) is 6.54 Å². The summed E-state index contributed by atoms with van der Waals surface area (Å²) in [4.78, 5) is 22.0. The number of rotatable bonds is 7. The number of hydrogen-bond acceptors (Lipinski definition) is 5. The molecule has 6 nitrogen and oxygen atoms in total. The molecule has 0 bridgehead atoms. The van der Waals surface area contributed by atoms with Gasteiger partial charge in [0.2, 0.25) is 0 Å². The second kappa shape index (κ2) is 9.49. The molecule has 152 valence electrons. The van der Waals surface area contributed by atoms with Crippen LogP contribution in [0.3, 0.4) is 0 Å². The Hall–Kier alpha value is -1.96. The highest BCUT2D eigenvalue weighted by molar-refractivity contribution is 7.22. The average Bonchev–Trinajstić information content (AvgIpc) is 3.24. The predicted octanol–water partition coefficient (Wildman–Crippen LogP) is 4.15. The molecule has 28 heavy (non-hydrogen) atoms. The standard InChI is InChI=1S/C20H27N5OS.ClH/c1-6-25-17(8-9-21-25)19(26)24(11-7-10-23(4)5)20-22-16-13-14(2)12-15(3)18(16)27-20;/h8-9,12-13H,6-7,10-11H2,1-5H3;1H. The van der Waals surface area contributed by atoms with Crippen molar-refractivity contribution in [3.63, 3.8) is 0 Å². The molecule has 1 aromatic carbocycles. The summed E-state index contributed by atoms with van der Waals surface area (Å²) in [5.74, 6) is -0.0402. The van der Waals surface area contributed by atoms with Gasteiger partial charge in [0.1, 0.15) is 5.69 Å². The van der Waals surface area contributed by atoms with E-state index in [-0.39, 0.29) is 18.3 Å². The third-order valence-corrected chi connectivity index (χ3v) is 5.74. The van der Waals surface area contributed by atoms with E-state index in [1.807, 2.05) is 25.9 Å². The molecule has 0 aliphatic carbocycles. The highest BCUT2D eigenvalue weighted by Gasteiger charge is 2.24. The first-order valence-electron chi connectivity index (χ1n) is 9.27. The Morgan fingerprint density at radius 3 is 2.64 bits per heavy atom. The molecule has 0 atom stereocenters. The smallest absolute Gasteiger partial charge is 0.278 e. The van der Waals surface area contributed by atoms with Crippen molar-refractivity contribution in [1.82, 2.24) is 19.7 Å². The van der Waals surface area contributed by atoms with E-state index in [0.717, 1.165) is 28.3 Å². The van der Waals surface area contributed by atoms with Gasteiger partial charge in [0.15, 0.2) is 5.13 Å². The number of carbonyl (C=O) groups excluding carboxylic acids is 1. The van der Waals surface area contributed by atoms with Gasteiger partial charge in [0, 0.05) is 19.3 Å². The van der Waals surface area contributed by atoms with Crippen molar-refractivity contribution < 1.29 is 4.79 Å². The topological polar surface area (TPSA) is 54.3 Å². The largest absolute Gasteiger partial charge is 0.309 e. The van der Waals surface area contributed by atoms with E-state index in [4.69, 9.17) is 4.98 Å². The summed E-state index contributed by atoms with van der Waals surface area (Å²) in [5, 5.41) is 5.01. The molecule has 2 aromatic heterocycles. The van der Waals surface area contributed by atoms with E-state index in [0.29, 0.717) is 18.8 Å². The van der Waals surface area contributed by atoms with Crippen molar-refractivity contribution in [1.29, 1.82) is 0 Å². The maximum absolute atomic E-state index is 13.3. The molecule has 0 saturated carbocycles. The average molecular weight is 422 g/mol. The summed E-state index contributed by atoms with van der Waals surface area (Å²) in [6.45, 7) is 8.37. The van der Waals surface area contributed by atoms with E-state index in [1.54, 1.807) is 28.3 Å². The second-order valence-electron chi connectivity index (χ2n) is 7.07. The van der Waals surface area contributed by atoms with Gasteiger partial charge in [-0.2, -0.15) is 5.10 Å². The Labute approximate surface area is 176 Å². The predicted molar refractivity (Wildman–Crippen MR) is 119 cm³/mol. The van der Waals surface area contributed by atoms with Crippen LogP contribution in [-0.4, -0.2) is 52.8 Å². The number of amides is 1. The molecular formula is C20H28ClN5OS. The lowest BCUT2D eigenvalue weighted by atomic mass is 10.1. The maximum Gasteiger partial charge on any atom is 0.278 e. The van der Waals surface area contributed by atoms with Gasteiger partial charge >= 0.3 is 0 Å². The summed E-state index contributed by atoms with van der Waals surface area (Å²) in [5.41, 5.74) is 3.95. The highest BCUT2D eigenvalue weighted by Crippen LogP contribution is 2.33. The number of anilines is 1. The van der Waals surface area contributed by atoms with Crippen molar-refractivity contribution in [2.24, 2.45) is 0 Å². The Bertz CT molecular complexity index is 949. The number of halogens is 1. The lowest BCUT2D eigenvalue weighted by Crippen LogP contribution is -2.34. The summed E-state index contributed by atoms with van der Waals surface area (Å²) in [7, 11) is 4.09. The third kappa shape index (κ3) is 4.71. The molecule has 0 saturated heterocycles. The molecule has 0 N–H and O–H groups in total. The number of hydrogen-bond donors (Lipinski definition) is 0. The number of thiazole rings is 1. The Kier molecular flexibility index (Phi) is 7.57. The quantitative estimate of drug-likeness (QED) is 0.575. The molecule has 8 heteroatoms. The van der Waals surface area contributed by atoms with Crippen molar-refractivity contribution >= 4 is 45.0 Å². The van der Waals surface area contributed by atoms with Crippen LogP contribution in [0.25, 0.3) is 10.2 Å². The number of benzene rings is 1. The highest BCUT2D eigenvalue weighted by atomic mass is 35.5. The summed E-state index contributed by atoms with van der Waals surface area (Å²) in [6.07, 6.45) is 2.56. The Morgan fingerprint density at radius 2 is 1.96 bits per heavy atom. The van der Waals surface area contributed by atoms with Crippen molar-refractivity contribution in [3.8, 4) is 0 Å². The lowest BCUT2D eigenvalue weighted by Gasteiger charge is -2.21. The first-order chi connectivity index (χ1) is 12.9. The van der Waals surface area contributed by atoms with Crippen molar-refractivity contribution in [3.05, 3.63) is 41.2 Å². The number of aromatic nitrogens is 3. The minimum absolute atomic E-state index is 0. The molecule has 3 aromatic rings. The van der Waals surface area contributed by atoms with Crippen LogP contribution in [0.4, 0.5) is 5.13 Å². The zero-order valence-electron chi connectivity index (χ0n) is 17.1. The van der Waals surface area contributed by atoms with E-state index in [1.165, 1.54) is 11.1 Å². The van der Waals surface area contributed by atoms with Crippen LogP contribution >= 0.6 is 23.7 Å². The summed E-state index contributed by atoms with van der Waals surface area (Å²) in [6, 6.07) is 6.03. The summed E-state index contributed by atoms with van der Waals surface area (Å²) < 4.78 is 2.88. The molecule has 3 rings (SSSR count). The zero-order valence-corrected chi connectivity index (χ0v) is 18.7. The van der Waals surface area contributed by atoms with Gasteiger partial charge in [0.25, 0.3) is 5.91 Å². The molecular weight excluding hydrogens is 394 g/mol. The van der Waals surface area contributed by atoms with Gasteiger partial charge < -0.3 is 4.90 Å². The minimum Gasteiger partial charge on any atom is -0.309 e. The molecule has 0 aliphatic heterocycles. The van der Waals surface area contributed by atoms with E-state index < -0.39 is 0 Å². The van der Waals surface area contributed by atoms with Gasteiger partial charge in [-0.25, -0.2) is 4.98 Å². The van der Waals surface area contributed by atoms with E-state index in [9.17, 15) is 4.79 Å². The van der Waals surface area contributed by atoms with Gasteiger partial charge in [-0.05, 0) is 71.1 Å². The molecule has 0 aliphatic rings. The van der Waals surface area contributed by atoms with Gasteiger partial charge in [-0.1, -0.05) is 17.4 Å². The number of fused-ring (bicyclic) bond motifs is 1. The number of aryl methyl sites for hydroxylation is 3. The third-order valence-electron chi connectivity index (χ3n) is 4.51. The van der Waals surface area contributed by atoms with Gasteiger partial charge in [0.05, 0.1) is 10.2 Å². The fraction of sp³-hybridized carbons (Fsp3) is 0.450. The first kappa shape index (κ1) is 22.3. The SMILES string of the molecule is CCn1nccc1C(=O)N(CCCN(C)C)c1nc2cc(C)cc(C)c2s1.Cl. The Balaban J connectivity index is 0.00000280. The first-order valence-corrected chi connectivity index (χ1v) is 10.1. The van der Waals surface area contributed by atoms with E-state index >= 15 is 0 Å². The van der Waals surface area contributed by atoms with Gasteiger partial charge in [-0.15, -0.1) is 12.4 Å². The molecule has 0 radical (unpaired) electrons. The van der Waals surface area contributed by atoms with Crippen molar-refractivity contribution in [2.45, 2.75) is 33.7 Å². The lowest BCUT2D eigenvalue weighted by molar-refractivity contribution is 0.0975.